The normalized spacial score (nSPS) is 17.5. The predicted molar refractivity (Wildman–Crippen MR) is 95.0 cm³/mol. The molecule has 1 aliphatic heterocycles. The van der Waals surface area contributed by atoms with Crippen molar-refractivity contribution in [1.82, 2.24) is 4.98 Å². The molecule has 120 valence electrons. The van der Waals surface area contributed by atoms with Crippen LogP contribution in [-0.4, -0.2) is 28.2 Å². The van der Waals surface area contributed by atoms with E-state index < -0.39 is 5.97 Å². The molecule has 24 heavy (non-hydrogen) atoms. The summed E-state index contributed by atoms with van der Waals surface area (Å²) < 4.78 is 4.78. The van der Waals surface area contributed by atoms with Gasteiger partial charge in [0.1, 0.15) is 16.4 Å². The van der Waals surface area contributed by atoms with Crippen LogP contribution in [0.3, 0.4) is 0 Å². The Morgan fingerprint density at radius 3 is 2.71 bits per heavy atom. The average Bonchev–Trinajstić information content (AvgIpc) is 2.91. The molecule has 0 saturated carbocycles. The lowest BCUT2D eigenvalue weighted by Crippen LogP contribution is -2.10. The van der Waals surface area contributed by atoms with Crippen LogP contribution in [0.25, 0.3) is 6.08 Å². The third-order valence-electron chi connectivity index (χ3n) is 3.25. The molecule has 0 saturated heterocycles. The maximum Gasteiger partial charge on any atom is 0.344 e. The molecule has 1 aromatic carbocycles. The summed E-state index contributed by atoms with van der Waals surface area (Å²) in [7, 11) is 1.27. The van der Waals surface area contributed by atoms with Crippen molar-refractivity contribution < 1.29 is 14.6 Å². The summed E-state index contributed by atoms with van der Waals surface area (Å²) in [6, 6.07) is 12.9. The zero-order valence-corrected chi connectivity index (χ0v) is 13.7. The number of hydrogen-bond acceptors (Lipinski definition) is 6. The Labute approximate surface area is 143 Å². The lowest BCUT2D eigenvalue weighted by atomic mass is 10.2. The standard InChI is InChI=1S/C18H14N2O3S/c1-23-18(22)15-16(21)14(10-12-6-5-9-19-11-12)24-17(15)20-13-7-3-2-4-8-13/h2-11,21H,1H3/b14-10-,20-17?. The number of thioether (sulfide) groups is 1. The summed E-state index contributed by atoms with van der Waals surface area (Å²) in [6.45, 7) is 0. The number of rotatable bonds is 3. The topological polar surface area (TPSA) is 71.8 Å². The van der Waals surface area contributed by atoms with E-state index in [-0.39, 0.29) is 11.3 Å². The molecule has 5 nitrogen and oxygen atoms in total. The molecular weight excluding hydrogens is 324 g/mol. The van der Waals surface area contributed by atoms with Crippen molar-refractivity contribution in [2.75, 3.05) is 7.11 Å². The predicted octanol–water partition coefficient (Wildman–Crippen LogP) is 3.88. The summed E-state index contributed by atoms with van der Waals surface area (Å²) in [5, 5.41) is 10.9. The van der Waals surface area contributed by atoms with Crippen molar-refractivity contribution in [3.8, 4) is 0 Å². The Kier molecular flexibility index (Phi) is 4.77. The van der Waals surface area contributed by atoms with Gasteiger partial charge < -0.3 is 9.84 Å². The van der Waals surface area contributed by atoms with Gasteiger partial charge in [0.15, 0.2) is 0 Å². The number of carbonyl (C=O) groups is 1. The number of aliphatic imine (C=N–C) groups is 1. The van der Waals surface area contributed by atoms with Crippen LogP contribution in [0.15, 0.2) is 76.1 Å². The van der Waals surface area contributed by atoms with Gasteiger partial charge in [-0.3, -0.25) is 4.98 Å². The van der Waals surface area contributed by atoms with E-state index in [9.17, 15) is 9.90 Å². The number of aliphatic hydroxyl groups is 1. The molecule has 0 radical (unpaired) electrons. The van der Waals surface area contributed by atoms with Crippen LogP contribution in [0.1, 0.15) is 5.56 Å². The molecule has 1 aromatic heterocycles. The number of methoxy groups -OCH3 is 1. The molecule has 1 aliphatic rings. The first-order valence-electron chi connectivity index (χ1n) is 7.14. The molecule has 2 aromatic rings. The van der Waals surface area contributed by atoms with Gasteiger partial charge in [0.05, 0.1) is 17.7 Å². The van der Waals surface area contributed by atoms with Gasteiger partial charge in [-0.25, -0.2) is 9.79 Å². The Balaban J connectivity index is 2.04. The highest BCUT2D eigenvalue weighted by Gasteiger charge is 2.32. The van der Waals surface area contributed by atoms with Gasteiger partial charge in [0.2, 0.25) is 0 Å². The molecular formula is C18H14N2O3S. The third-order valence-corrected chi connectivity index (χ3v) is 4.27. The van der Waals surface area contributed by atoms with E-state index in [2.05, 4.69) is 9.98 Å². The summed E-state index contributed by atoms with van der Waals surface area (Å²) in [4.78, 5) is 21.1. The van der Waals surface area contributed by atoms with E-state index >= 15 is 0 Å². The number of para-hydroxylation sites is 1. The lowest BCUT2D eigenvalue weighted by molar-refractivity contribution is -0.135. The summed E-state index contributed by atoms with van der Waals surface area (Å²) in [5.41, 5.74) is 1.58. The second kappa shape index (κ2) is 7.14. The van der Waals surface area contributed by atoms with Crippen LogP contribution in [0, 0.1) is 0 Å². The molecule has 3 rings (SSSR count). The number of aliphatic hydroxyl groups excluding tert-OH is 1. The van der Waals surface area contributed by atoms with E-state index in [1.165, 1.54) is 18.9 Å². The number of hydrogen-bond donors (Lipinski definition) is 1. The molecule has 0 amide bonds. The van der Waals surface area contributed by atoms with Crippen LogP contribution in [0.5, 0.6) is 0 Å². The van der Waals surface area contributed by atoms with Gasteiger partial charge in [0, 0.05) is 12.4 Å². The Morgan fingerprint density at radius 2 is 2.04 bits per heavy atom. The van der Waals surface area contributed by atoms with Crippen molar-refractivity contribution in [2.24, 2.45) is 4.99 Å². The summed E-state index contributed by atoms with van der Waals surface area (Å²) >= 11 is 1.22. The van der Waals surface area contributed by atoms with E-state index in [1.807, 2.05) is 36.4 Å². The lowest BCUT2D eigenvalue weighted by Gasteiger charge is -2.01. The second-order valence-corrected chi connectivity index (χ2v) is 5.90. The maximum absolute atomic E-state index is 12.0. The Hall–Kier alpha value is -2.86. The fourth-order valence-corrected chi connectivity index (χ4v) is 3.16. The highest BCUT2D eigenvalue weighted by Crippen LogP contribution is 2.40. The summed E-state index contributed by atoms with van der Waals surface area (Å²) in [6.07, 6.45) is 5.09. The van der Waals surface area contributed by atoms with E-state index in [1.54, 1.807) is 24.5 Å². The van der Waals surface area contributed by atoms with Crippen LogP contribution in [0.4, 0.5) is 5.69 Å². The van der Waals surface area contributed by atoms with Crippen molar-refractivity contribution in [3.63, 3.8) is 0 Å². The largest absolute Gasteiger partial charge is 0.506 e. The van der Waals surface area contributed by atoms with Gasteiger partial charge in [-0.1, -0.05) is 36.0 Å². The molecule has 0 unspecified atom stereocenters. The first kappa shape index (κ1) is 16.0. The van der Waals surface area contributed by atoms with Gasteiger partial charge in [-0.2, -0.15) is 0 Å². The highest BCUT2D eigenvalue weighted by molar-refractivity contribution is 8.18. The number of benzene rings is 1. The molecule has 2 heterocycles. The second-order valence-electron chi connectivity index (χ2n) is 4.86. The van der Waals surface area contributed by atoms with Gasteiger partial charge in [0.25, 0.3) is 0 Å². The van der Waals surface area contributed by atoms with Crippen LogP contribution >= 0.6 is 11.8 Å². The molecule has 1 N–H and O–H groups in total. The molecule has 0 spiro atoms. The Morgan fingerprint density at radius 1 is 1.25 bits per heavy atom. The minimum Gasteiger partial charge on any atom is -0.506 e. The van der Waals surface area contributed by atoms with Crippen molar-refractivity contribution >= 4 is 34.5 Å². The van der Waals surface area contributed by atoms with Crippen molar-refractivity contribution in [2.45, 2.75) is 0 Å². The number of esters is 1. The monoisotopic (exact) mass is 338 g/mol. The quantitative estimate of drug-likeness (QED) is 0.860. The van der Waals surface area contributed by atoms with E-state index in [0.717, 1.165) is 5.56 Å². The molecule has 0 atom stereocenters. The van der Waals surface area contributed by atoms with Gasteiger partial charge in [-0.15, -0.1) is 0 Å². The highest BCUT2D eigenvalue weighted by atomic mass is 32.2. The van der Waals surface area contributed by atoms with E-state index in [0.29, 0.717) is 15.6 Å². The number of nitrogens with zero attached hydrogens (tertiary/aromatic N) is 2. The Bertz CT molecular complexity index is 843. The van der Waals surface area contributed by atoms with Gasteiger partial charge in [-0.05, 0) is 29.8 Å². The van der Waals surface area contributed by atoms with Crippen molar-refractivity contribution in [1.29, 1.82) is 0 Å². The van der Waals surface area contributed by atoms with Crippen LogP contribution < -0.4 is 0 Å². The van der Waals surface area contributed by atoms with Crippen LogP contribution in [0.2, 0.25) is 0 Å². The zero-order valence-electron chi connectivity index (χ0n) is 12.8. The SMILES string of the molecule is COC(=O)C1=C(O)/C(=C/c2cccnc2)SC1=Nc1ccccc1. The zero-order chi connectivity index (χ0) is 16.9. The average molecular weight is 338 g/mol. The molecule has 0 aliphatic carbocycles. The maximum atomic E-state index is 12.0. The minimum absolute atomic E-state index is 0.0708. The first-order chi connectivity index (χ1) is 11.7. The number of aromatic nitrogens is 1. The molecule has 0 bridgehead atoms. The van der Waals surface area contributed by atoms with Gasteiger partial charge >= 0.3 is 5.97 Å². The fraction of sp³-hybridized carbons (Fsp3) is 0.0556. The summed E-state index contributed by atoms with van der Waals surface area (Å²) in [5.74, 6) is -0.755. The fourth-order valence-electron chi connectivity index (χ4n) is 2.12. The van der Waals surface area contributed by atoms with Crippen molar-refractivity contribution in [3.05, 3.63) is 76.7 Å². The van der Waals surface area contributed by atoms with E-state index in [4.69, 9.17) is 4.74 Å². The minimum atomic E-state index is -0.621. The number of carbonyl (C=O) groups excluding carboxylic acids is 1. The first-order valence-corrected chi connectivity index (χ1v) is 7.96. The number of pyridine rings is 1. The molecule has 0 fully saturated rings. The smallest absolute Gasteiger partial charge is 0.344 e. The third kappa shape index (κ3) is 3.38. The number of ether oxygens (including phenoxy) is 1. The molecule has 6 heteroatoms. The van der Waals surface area contributed by atoms with Crippen LogP contribution in [-0.2, 0) is 9.53 Å².